The van der Waals surface area contributed by atoms with E-state index in [1.54, 1.807) is 6.33 Å². The van der Waals surface area contributed by atoms with Crippen LogP contribution in [-0.4, -0.2) is 33.9 Å². The van der Waals surface area contributed by atoms with Crippen LogP contribution in [0, 0.1) is 0 Å². The Hall–Kier alpha value is -2.37. The number of benzene rings is 1. The highest BCUT2D eigenvalue weighted by molar-refractivity contribution is 5.94. The number of anilines is 1. The van der Waals surface area contributed by atoms with Crippen molar-refractivity contribution in [2.75, 3.05) is 18.0 Å². The Morgan fingerprint density at radius 2 is 2.23 bits per heavy atom. The highest BCUT2D eigenvalue weighted by Gasteiger charge is 2.29. The minimum Gasteiger partial charge on any atom is -0.336 e. The van der Waals surface area contributed by atoms with Crippen LogP contribution < -0.4 is 10.2 Å². The second-order valence-corrected chi connectivity index (χ2v) is 5.60. The third-order valence-electron chi connectivity index (χ3n) is 4.10. The number of nitrogens with zero attached hydrogens (tertiary/aromatic N) is 4. The summed E-state index contributed by atoms with van der Waals surface area (Å²) in [5, 5.41) is 10.9. The monoisotopic (exact) mass is 299 g/mol. The van der Waals surface area contributed by atoms with Gasteiger partial charge in [-0.2, -0.15) is 0 Å². The zero-order valence-electron chi connectivity index (χ0n) is 13.0. The number of urea groups is 1. The van der Waals surface area contributed by atoms with E-state index in [0.717, 1.165) is 24.5 Å². The van der Waals surface area contributed by atoms with Crippen LogP contribution in [0.4, 0.5) is 10.5 Å². The van der Waals surface area contributed by atoms with E-state index in [2.05, 4.69) is 28.5 Å². The molecule has 0 radical (unpaired) electrons. The number of rotatable bonds is 4. The van der Waals surface area contributed by atoms with Gasteiger partial charge in [0.05, 0.1) is 0 Å². The molecule has 6 heteroatoms. The Balaban J connectivity index is 1.59. The van der Waals surface area contributed by atoms with E-state index < -0.39 is 0 Å². The summed E-state index contributed by atoms with van der Waals surface area (Å²) < 4.78 is 1.97. The standard InChI is InChI=1S/C16H21N5O/c1-3-15-19-18-11-20(15)9-8-17-16(22)21-10-12(2)13-6-4-5-7-14(13)21/h4-7,11-12H,3,8-10H2,1-2H3,(H,17,22). The van der Waals surface area contributed by atoms with Crippen molar-refractivity contribution in [3.8, 4) is 0 Å². The van der Waals surface area contributed by atoms with Gasteiger partial charge in [-0.1, -0.05) is 32.0 Å². The van der Waals surface area contributed by atoms with Crippen molar-refractivity contribution >= 4 is 11.7 Å². The molecule has 2 aromatic rings. The predicted molar refractivity (Wildman–Crippen MR) is 85.0 cm³/mol. The number of para-hydroxylation sites is 1. The summed E-state index contributed by atoms with van der Waals surface area (Å²) in [6.07, 6.45) is 2.54. The number of aromatic nitrogens is 3. The molecule has 0 aliphatic carbocycles. The molecule has 0 saturated carbocycles. The summed E-state index contributed by atoms with van der Waals surface area (Å²) in [5.41, 5.74) is 2.26. The maximum Gasteiger partial charge on any atom is 0.321 e. The lowest BCUT2D eigenvalue weighted by Crippen LogP contribution is -2.40. The first-order valence-corrected chi connectivity index (χ1v) is 7.71. The zero-order valence-corrected chi connectivity index (χ0v) is 13.0. The molecule has 116 valence electrons. The lowest BCUT2D eigenvalue weighted by molar-refractivity contribution is 0.246. The van der Waals surface area contributed by atoms with Gasteiger partial charge in [-0.15, -0.1) is 10.2 Å². The average molecular weight is 299 g/mol. The summed E-state index contributed by atoms with van der Waals surface area (Å²) in [7, 11) is 0. The lowest BCUT2D eigenvalue weighted by Gasteiger charge is -2.18. The van der Waals surface area contributed by atoms with E-state index in [1.165, 1.54) is 5.56 Å². The second kappa shape index (κ2) is 6.17. The topological polar surface area (TPSA) is 63.1 Å². The van der Waals surface area contributed by atoms with Crippen LogP contribution in [0.1, 0.15) is 31.2 Å². The van der Waals surface area contributed by atoms with Crippen LogP contribution in [0.25, 0.3) is 0 Å². The molecule has 0 fully saturated rings. The number of nitrogens with one attached hydrogen (secondary N) is 1. The van der Waals surface area contributed by atoms with Crippen LogP contribution in [0.2, 0.25) is 0 Å². The van der Waals surface area contributed by atoms with E-state index in [4.69, 9.17) is 0 Å². The minimum atomic E-state index is -0.0390. The molecule has 2 amide bonds. The largest absolute Gasteiger partial charge is 0.336 e. The molecule has 22 heavy (non-hydrogen) atoms. The molecule has 1 aliphatic heterocycles. The van der Waals surface area contributed by atoms with Gasteiger partial charge in [0.2, 0.25) is 0 Å². The fourth-order valence-electron chi connectivity index (χ4n) is 2.93. The maximum atomic E-state index is 12.4. The number of hydrogen-bond donors (Lipinski definition) is 1. The van der Waals surface area contributed by atoms with Crippen LogP contribution in [-0.2, 0) is 13.0 Å². The van der Waals surface area contributed by atoms with Crippen LogP contribution in [0.15, 0.2) is 30.6 Å². The minimum absolute atomic E-state index is 0.0390. The Bertz CT molecular complexity index is 666. The average Bonchev–Trinajstić information content (AvgIpc) is 3.12. The molecule has 1 aromatic heterocycles. The van der Waals surface area contributed by atoms with Crippen molar-refractivity contribution in [3.63, 3.8) is 0 Å². The van der Waals surface area contributed by atoms with Crippen molar-refractivity contribution in [3.05, 3.63) is 42.0 Å². The van der Waals surface area contributed by atoms with E-state index in [-0.39, 0.29) is 6.03 Å². The van der Waals surface area contributed by atoms with Gasteiger partial charge < -0.3 is 9.88 Å². The number of amides is 2. The first-order chi connectivity index (χ1) is 10.7. The van der Waals surface area contributed by atoms with Gasteiger partial charge in [0.15, 0.2) is 0 Å². The van der Waals surface area contributed by atoms with Gasteiger partial charge in [0.1, 0.15) is 12.2 Å². The zero-order chi connectivity index (χ0) is 15.5. The number of hydrogen-bond acceptors (Lipinski definition) is 3. The quantitative estimate of drug-likeness (QED) is 0.941. The SMILES string of the molecule is CCc1nncn1CCNC(=O)N1CC(C)c2ccccc21. The Morgan fingerprint density at radius 3 is 3.05 bits per heavy atom. The third kappa shape index (κ3) is 2.68. The first-order valence-electron chi connectivity index (χ1n) is 7.71. The van der Waals surface area contributed by atoms with Gasteiger partial charge in [0.25, 0.3) is 0 Å². The summed E-state index contributed by atoms with van der Waals surface area (Å²) in [5.74, 6) is 1.32. The maximum absolute atomic E-state index is 12.4. The number of aryl methyl sites for hydroxylation is 1. The molecule has 3 rings (SSSR count). The molecule has 1 aliphatic rings. The van der Waals surface area contributed by atoms with Gasteiger partial charge in [-0.05, 0) is 11.6 Å². The highest BCUT2D eigenvalue weighted by Crippen LogP contribution is 2.35. The molecular weight excluding hydrogens is 278 g/mol. The van der Waals surface area contributed by atoms with Crippen LogP contribution in [0.3, 0.4) is 0 Å². The summed E-state index contributed by atoms with van der Waals surface area (Å²) >= 11 is 0. The Kier molecular flexibility index (Phi) is 4.09. The lowest BCUT2D eigenvalue weighted by atomic mass is 10.0. The number of fused-ring (bicyclic) bond motifs is 1. The number of carbonyl (C=O) groups is 1. The third-order valence-corrected chi connectivity index (χ3v) is 4.10. The normalized spacial score (nSPS) is 16.6. The fourth-order valence-corrected chi connectivity index (χ4v) is 2.93. The predicted octanol–water partition coefficient (Wildman–Crippen LogP) is 2.17. The first kappa shape index (κ1) is 14.6. The van der Waals surface area contributed by atoms with Crippen LogP contribution in [0.5, 0.6) is 0 Å². The van der Waals surface area contributed by atoms with Gasteiger partial charge in [0, 0.05) is 37.7 Å². The summed E-state index contributed by atoms with van der Waals surface area (Å²) in [6, 6.07) is 8.06. The molecule has 1 N–H and O–H groups in total. The van der Waals surface area contributed by atoms with Gasteiger partial charge in [-0.3, -0.25) is 4.90 Å². The molecule has 1 aromatic carbocycles. The van der Waals surface area contributed by atoms with E-state index in [1.807, 2.05) is 34.6 Å². The van der Waals surface area contributed by atoms with Crippen molar-refractivity contribution in [1.29, 1.82) is 0 Å². The molecule has 0 saturated heterocycles. The second-order valence-electron chi connectivity index (χ2n) is 5.60. The Labute approximate surface area is 130 Å². The fraction of sp³-hybridized carbons (Fsp3) is 0.438. The summed E-state index contributed by atoms with van der Waals surface area (Å²) in [4.78, 5) is 14.2. The van der Waals surface area contributed by atoms with Crippen LogP contribution >= 0.6 is 0 Å². The van der Waals surface area contributed by atoms with Crippen molar-refractivity contribution in [2.45, 2.75) is 32.7 Å². The highest BCUT2D eigenvalue weighted by atomic mass is 16.2. The molecule has 1 unspecified atom stereocenters. The van der Waals surface area contributed by atoms with Crippen molar-refractivity contribution < 1.29 is 4.79 Å². The molecule has 0 bridgehead atoms. The summed E-state index contributed by atoms with van der Waals surface area (Å²) in [6.45, 7) is 6.18. The molecular formula is C16H21N5O. The number of carbonyl (C=O) groups excluding carboxylic acids is 1. The molecule has 2 heterocycles. The molecule has 0 spiro atoms. The van der Waals surface area contributed by atoms with Gasteiger partial charge >= 0.3 is 6.03 Å². The van der Waals surface area contributed by atoms with E-state index in [0.29, 0.717) is 19.0 Å². The molecule has 6 nitrogen and oxygen atoms in total. The Morgan fingerprint density at radius 1 is 1.41 bits per heavy atom. The van der Waals surface area contributed by atoms with E-state index in [9.17, 15) is 4.79 Å². The van der Waals surface area contributed by atoms with Crippen molar-refractivity contribution in [1.82, 2.24) is 20.1 Å². The molecule has 1 atom stereocenters. The van der Waals surface area contributed by atoms with E-state index >= 15 is 0 Å². The van der Waals surface area contributed by atoms with Crippen molar-refractivity contribution in [2.24, 2.45) is 0 Å². The smallest absolute Gasteiger partial charge is 0.321 e. The van der Waals surface area contributed by atoms with Gasteiger partial charge in [-0.25, -0.2) is 4.79 Å².